The molecule has 0 bridgehead atoms. The quantitative estimate of drug-likeness (QED) is 0.629. The van der Waals surface area contributed by atoms with Crippen LogP contribution < -0.4 is 10.6 Å². The Bertz CT molecular complexity index is 995. The van der Waals surface area contributed by atoms with Crippen molar-refractivity contribution in [2.45, 2.75) is 45.6 Å². The molecule has 4 rings (SSSR count). The summed E-state index contributed by atoms with van der Waals surface area (Å²) < 4.78 is 13.4. The van der Waals surface area contributed by atoms with Crippen LogP contribution in [0.15, 0.2) is 48.7 Å². The van der Waals surface area contributed by atoms with E-state index < -0.39 is 0 Å². The molecule has 7 nitrogen and oxygen atoms in total. The molecule has 0 atom stereocenters. The fourth-order valence-electron chi connectivity index (χ4n) is 3.59. The molecule has 158 valence electrons. The summed E-state index contributed by atoms with van der Waals surface area (Å²) >= 11 is 0. The number of aromatic nitrogens is 2. The van der Waals surface area contributed by atoms with Gasteiger partial charge in [0.25, 0.3) is 0 Å². The number of nitrogens with one attached hydrogen (secondary N) is 2. The number of aryl methyl sites for hydroxylation is 1. The van der Waals surface area contributed by atoms with E-state index in [1.807, 2.05) is 53.9 Å². The summed E-state index contributed by atoms with van der Waals surface area (Å²) in [4.78, 5) is 16.7. The molecular formula is C23H28N4O3. The molecule has 2 aromatic heterocycles. The van der Waals surface area contributed by atoms with Gasteiger partial charge in [-0.05, 0) is 43.0 Å². The van der Waals surface area contributed by atoms with E-state index in [1.165, 1.54) is 0 Å². The highest BCUT2D eigenvalue weighted by Crippen LogP contribution is 2.14. The van der Waals surface area contributed by atoms with Crippen molar-refractivity contribution in [2.75, 3.05) is 13.2 Å². The van der Waals surface area contributed by atoms with E-state index in [2.05, 4.69) is 21.7 Å². The number of ether oxygens (including phenoxy) is 2. The molecule has 0 spiro atoms. The molecule has 30 heavy (non-hydrogen) atoms. The Balaban J connectivity index is 1.23. The van der Waals surface area contributed by atoms with Gasteiger partial charge in [0.1, 0.15) is 5.65 Å². The monoisotopic (exact) mass is 408 g/mol. The molecule has 1 aliphatic rings. The van der Waals surface area contributed by atoms with Crippen LogP contribution >= 0.6 is 0 Å². The van der Waals surface area contributed by atoms with Gasteiger partial charge >= 0.3 is 6.03 Å². The van der Waals surface area contributed by atoms with Crippen molar-refractivity contribution in [1.29, 1.82) is 0 Å². The van der Waals surface area contributed by atoms with Crippen LogP contribution in [0.5, 0.6) is 0 Å². The van der Waals surface area contributed by atoms with Crippen molar-refractivity contribution < 1.29 is 14.3 Å². The van der Waals surface area contributed by atoms with Crippen LogP contribution in [0.2, 0.25) is 0 Å². The molecule has 1 aliphatic heterocycles. The topological polar surface area (TPSA) is 76.9 Å². The zero-order valence-electron chi connectivity index (χ0n) is 17.3. The highest BCUT2D eigenvalue weighted by molar-refractivity contribution is 5.73. The van der Waals surface area contributed by atoms with Crippen LogP contribution in [-0.4, -0.2) is 34.7 Å². The smallest absolute Gasteiger partial charge is 0.315 e. The first kappa shape index (κ1) is 20.4. The van der Waals surface area contributed by atoms with E-state index >= 15 is 0 Å². The first-order chi connectivity index (χ1) is 14.7. The Kier molecular flexibility index (Phi) is 6.61. The zero-order chi connectivity index (χ0) is 20.8. The number of rotatable bonds is 7. The van der Waals surface area contributed by atoms with E-state index in [0.29, 0.717) is 19.7 Å². The Morgan fingerprint density at radius 1 is 1.13 bits per heavy atom. The van der Waals surface area contributed by atoms with Gasteiger partial charge in [0.2, 0.25) is 0 Å². The maximum absolute atomic E-state index is 12.2. The second-order valence-electron chi connectivity index (χ2n) is 7.61. The van der Waals surface area contributed by atoms with Crippen LogP contribution in [-0.2, 0) is 29.2 Å². The zero-order valence-corrected chi connectivity index (χ0v) is 17.3. The largest absolute Gasteiger partial charge is 0.381 e. The summed E-state index contributed by atoms with van der Waals surface area (Å²) in [6.45, 7) is 5.00. The molecular weight excluding hydrogens is 380 g/mol. The molecule has 1 fully saturated rings. The summed E-state index contributed by atoms with van der Waals surface area (Å²) in [5.41, 5.74) is 4.97. The van der Waals surface area contributed by atoms with Crippen molar-refractivity contribution >= 4 is 11.7 Å². The molecule has 7 heteroatoms. The minimum Gasteiger partial charge on any atom is -0.381 e. The lowest BCUT2D eigenvalue weighted by Crippen LogP contribution is -2.34. The van der Waals surface area contributed by atoms with E-state index in [9.17, 15) is 4.79 Å². The van der Waals surface area contributed by atoms with Crippen molar-refractivity contribution in [3.63, 3.8) is 0 Å². The molecule has 2 amide bonds. The Hall–Kier alpha value is -2.90. The number of fused-ring (bicyclic) bond motifs is 1. The van der Waals surface area contributed by atoms with Gasteiger partial charge in [0.05, 0.1) is 24.9 Å². The number of hydrogen-bond acceptors (Lipinski definition) is 4. The number of carbonyl (C=O) groups excluding carboxylic acids is 1. The predicted molar refractivity (Wildman–Crippen MR) is 114 cm³/mol. The molecule has 0 radical (unpaired) electrons. The third-order valence-corrected chi connectivity index (χ3v) is 5.27. The number of urea groups is 1. The molecule has 2 N–H and O–H groups in total. The number of amides is 2. The van der Waals surface area contributed by atoms with Gasteiger partial charge in [0.15, 0.2) is 0 Å². The first-order valence-electron chi connectivity index (χ1n) is 10.4. The van der Waals surface area contributed by atoms with Crippen LogP contribution in [0.25, 0.3) is 5.65 Å². The Morgan fingerprint density at radius 3 is 2.73 bits per heavy atom. The molecule has 3 heterocycles. The number of carbonyl (C=O) groups is 1. The average Bonchev–Trinajstić information content (AvgIpc) is 3.20. The molecule has 3 aromatic rings. The van der Waals surface area contributed by atoms with Gasteiger partial charge in [-0.25, -0.2) is 9.78 Å². The average molecular weight is 409 g/mol. The second-order valence-corrected chi connectivity index (χ2v) is 7.61. The van der Waals surface area contributed by atoms with Gasteiger partial charge in [-0.2, -0.15) is 0 Å². The first-order valence-corrected chi connectivity index (χ1v) is 10.4. The van der Waals surface area contributed by atoms with E-state index in [-0.39, 0.29) is 12.1 Å². The van der Waals surface area contributed by atoms with Crippen LogP contribution in [0, 0.1) is 6.92 Å². The minimum absolute atomic E-state index is 0.215. The van der Waals surface area contributed by atoms with E-state index in [0.717, 1.165) is 54.2 Å². The summed E-state index contributed by atoms with van der Waals surface area (Å²) in [7, 11) is 0. The van der Waals surface area contributed by atoms with Gasteiger partial charge < -0.3 is 24.5 Å². The van der Waals surface area contributed by atoms with Crippen LogP contribution in [0.1, 0.15) is 35.4 Å². The summed E-state index contributed by atoms with van der Waals surface area (Å²) in [5.74, 6) is 0. The van der Waals surface area contributed by atoms with Crippen molar-refractivity contribution in [3.8, 4) is 0 Å². The lowest BCUT2D eigenvalue weighted by atomic mass is 10.1. The maximum atomic E-state index is 12.2. The Morgan fingerprint density at radius 2 is 1.90 bits per heavy atom. The predicted octanol–water partition coefficient (Wildman–Crippen LogP) is 3.34. The lowest BCUT2D eigenvalue weighted by molar-refractivity contribution is -0.0390. The van der Waals surface area contributed by atoms with Gasteiger partial charge in [-0.1, -0.05) is 30.3 Å². The number of hydrogen-bond donors (Lipinski definition) is 2. The number of benzene rings is 1. The van der Waals surface area contributed by atoms with Crippen molar-refractivity contribution in [1.82, 2.24) is 20.0 Å². The van der Waals surface area contributed by atoms with Gasteiger partial charge in [0, 0.05) is 31.6 Å². The molecule has 0 unspecified atom stereocenters. The minimum atomic E-state index is -0.215. The number of imidazole rings is 1. The lowest BCUT2D eigenvalue weighted by Gasteiger charge is -2.22. The Labute approximate surface area is 176 Å². The highest BCUT2D eigenvalue weighted by atomic mass is 16.5. The molecule has 0 saturated carbocycles. The SMILES string of the molecule is Cc1cccc2nc(CNC(=O)NCc3cccc(COC4CCOCC4)c3)cn12. The third-order valence-electron chi connectivity index (χ3n) is 5.27. The van der Waals surface area contributed by atoms with E-state index in [4.69, 9.17) is 9.47 Å². The number of pyridine rings is 1. The molecule has 1 aromatic carbocycles. The van der Waals surface area contributed by atoms with Crippen molar-refractivity contribution in [3.05, 3.63) is 71.2 Å². The standard InChI is InChI=1S/C23H28N4O3/c1-17-4-2-7-22-26-20(15-27(17)22)14-25-23(28)24-13-18-5-3-6-19(12-18)16-30-21-8-10-29-11-9-21/h2-7,12,15,21H,8-11,13-14,16H2,1H3,(H2,24,25,28). The van der Waals surface area contributed by atoms with E-state index in [1.54, 1.807) is 0 Å². The second kappa shape index (κ2) is 9.73. The van der Waals surface area contributed by atoms with Crippen LogP contribution in [0.3, 0.4) is 0 Å². The fourth-order valence-corrected chi connectivity index (χ4v) is 3.59. The normalized spacial score (nSPS) is 14.7. The van der Waals surface area contributed by atoms with Crippen molar-refractivity contribution in [2.24, 2.45) is 0 Å². The summed E-state index contributed by atoms with van der Waals surface area (Å²) in [6, 6.07) is 13.9. The van der Waals surface area contributed by atoms with Gasteiger partial charge in [-0.15, -0.1) is 0 Å². The van der Waals surface area contributed by atoms with Gasteiger partial charge in [-0.3, -0.25) is 0 Å². The number of nitrogens with zero attached hydrogens (tertiary/aromatic N) is 2. The molecule has 0 aliphatic carbocycles. The maximum Gasteiger partial charge on any atom is 0.315 e. The summed E-state index contributed by atoms with van der Waals surface area (Å²) in [6.07, 6.45) is 4.13. The fraction of sp³-hybridized carbons (Fsp3) is 0.391. The third kappa shape index (κ3) is 5.37. The summed E-state index contributed by atoms with van der Waals surface area (Å²) in [5, 5.41) is 5.78. The highest BCUT2D eigenvalue weighted by Gasteiger charge is 2.14. The molecule has 1 saturated heterocycles. The van der Waals surface area contributed by atoms with Crippen LogP contribution in [0.4, 0.5) is 4.79 Å².